The Hall–Kier alpha value is -2.62. The summed E-state index contributed by atoms with van der Waals surface area (Å²) in [5.74, 6) is 0. The molecule has 0 aliphatic heterocycles. The third-order valence-corrected chi connectivity index (χ3v) is 4.57. The molecule has 0 aliphatic rings. The Balaban J connectivity index is 1.55. The molecule has 0 N–H and O–H groups in total. The van der Waals surface area contributed by atoms with Gasteiger partial charge in [0, 0.05) is 6.42 Å². The van der Waals surface area contributed by atoms with Crippen LogP contribution in [0.5, 0.6) is 0 Å². The van der Waals surface area contributed by atoms with Crippen molar-refractivity contribution in [3.05, 3.63) is 61.2 Å². The van der Waals surface area contributed by atoms with Gasteiger partial charge in [0.15, 0.2) is 22.1 Å². The molecule has 0 bridgehead atoms. The van der Waals surface area contributed by atoms with E-state index >= 15 is 0 Å². The van der Waals surface area contributed by atoms with Crippen molar-refractivity contribution < 1.29 is 9.13 Å². The fraction of sp³-hybridized carbons (Fsp3) is 0.263. The van der Waals surface area contributed by atoms with E-state index in [2.05, 4.69) is 93.5 Å². The lowest BCUT2D eigenvalue weighted by Gasteiger charge is -1.98. The van der Waals surface area contributed by atoms with E-state index in [0.29, 0.717) is 0 Å². The molecule has 0 radical (unpaired) electrons. The molecule has 0 fully saturated rings. The van der Waals surface area contributed by atoms with Crippen molar-refractivity contribution in [2.24, 2.45) is 14.1 Å². The maximum absolute atomic E-state index is 2.35. The quantitative estimate of drug-likeness (QED) is 0.515. The number of para-hydroxylation sites is 4. The molecule has 4 nitrogen and oxygen atoms in total. The van der Waals surface area contributed by atoms with Crippen LogP contribution in [0.3, 0.4) is 0 Å². The first-order valence-electron chi connectivity index (χ1n) is 8.11. The SMILES string of the molecule is C[n+]1cn(CCCn2c[n+](C)c3ccccc32)c2ccccc21. The number of nitrogens with zero attached hydrogens (tertiary/aromatic N) is 4. The molecular weight excluding hydrogens is 284 g/mol. The Labute approximate surface area is 135 Å². The summed E-state index contributed by atoms with van der Waals surface area (Å²) >= 11 is 0. The van der Waals surface area contributed by atoms with Crippen LogP contribution in [0.25, 0.3) is 22.1 Å². The number of imidazole rings is 2. The van der Waals surface area contributed by atoms with E-state index in [0.717, 1.165) is 19.5 Å². The first-order valence-corrected chi connectivity index (χ1v) is 8.11. The predicted molar refractivity (Wildman–Crippen MR) is 90.8 cm³/mol. The molecule has 2 heterocycles. The Morgan fingerprint density at radius 1 is 0.696 bits per heavy atom. The summed E-state index contributed by atoms with van der Waals surface area (Å²) < 4.78 is 9.09. The van der Waals surface area contributed by atoms with Gasteiger partial charge < -0.3 is 0 Å². The Morgan fingerprint density at radius 2 is 1.13 bits per heavy atom. The molecule has 0 atom stereocenters. The summed E-state index contributed by atoms with van der Waals surface area (Å²) in [6, 6.07) is 17.1. The van der Waals surface area contributed by atoms with Crippen molar-refractivity contribution in [1.29, 1.82) is 0 Å². The molecule has 23 heavy (non-hydrogen) atoms. The van der Waals surface area contributed by atoms with Crippen molar-refractivity contribution in [2.75, 3.05) is 0 Å². The molecule has 4 rings (SSSR count). The number of rotatable bonds is 4. The number of aromatic nitrogens is 4. The first kappa shape index (κ1) is 14.0. The molecule has 0 saturated carbocycles. The zero-order valence-corrected chi connectivity index (χ0v) is 13.7. The van der Waals surface area contributed by atoms with E-state index in [1.165, 1.54) is 22.1 Å². The minimum Gasteiger partial charge on any atom is -0.233 e. The molecule has 4 heteroatoms. The van der Waals surface area contributed by atoms with Gasteiger partial charge in [0.2, 0.25) is 12.7 Å². The monoisotopic (exact) mass is 306 g/mol. The maximum Gasteiger partial charge on any atom is 0.244 e. The Kier molecular flexibility index (Phi) is 3.37. The van der Waals surface area contributed by atoms with Crippen LogP contribution in [0.15, 0.2) is 61.2 Å². The van der Waals surface area contributed by atoms with Crippen molar-refractivity contribution in [3.8, 4) is 0 Å². The molecule has 116 valence electrons. The van der Waals surface area contributed by atoms with Crippen LogP contribution in [0.4, 0.5) is 0 Å². The maximum atomic E-state index is 2.35. The van der Waals surface area contributed by atoms with Gasteiger partial charge in [-0.15, -0.1) is 0 Å². The molecule has 0 amide bonds. The van der Waals surface area contributed by atoms with Crippen LogP contribution < -0.4 is 9.13 Å². The van der Waals surface area contributed by atoms with Crippen LogP contribution >= 0.6 is 0 Å². The summed E-state index contributed by atoms with van der Waals surface area (Å²) in [7, 11) is 4.22. The van der Waals surface area contributed by atoms with E-state index in [1.807, 2.05) is 0 Å². The van der Waals surface area contributed by atoms with Crippen LogP contribution in [0.2, 0.25) is 0 Å². The lowest BCUT2D eigenvalue weighted by atomic mass is 10.3. The summed E-state index contributed by atoms with van der Waals surface area (Å²) in [4.78, 5) is 0. The molecule has 0 saturated heterocycles. The molecular formula is C19H22N4+2. The third kappa shape index (κ3) is 2.40. The van der Waals surface area contributed by atoms with Gasteiger partial charge in [-0.2, -0.15) is 0 Å². The highest BCUT2D eigenvalue weighted by atomic mass is 15.1. The van der Waals surface area contributed by atoms with Gasteiger partial charge in [-0.25, -0.2) is 18.3 Å². The Morgan fingerprint density at radius 3 is 1.61 bits per heavy atom. The van der Waals surface area contributed by atoms with Gasteiger partial charge in [0.05, 0.1) is 27.2 Å². The van der Waals surface area contributed by atoms with Crippen LogP contribution in [-0.2, 0) is 27.2 Å². The van der Waals surface area contributed by atoms with Gasteiger partial charge in [0.1, 0.15) is 0 Å². The normalized spacial score (nSPS) is 11.6. The molecule has 0 unspecified atom stereocenters. The lowest BCUT2D eigenvalue weighted by molar-refractivity contribution is -0.645. The van der Waals surface area contributed by atoms with E-state index in [-0.39, 0.29) is 0 Å². The van der Waals surface area contributed by atoms with E-state index in [1.54, 1.807) is 0 Å². The summed E-state index contributed by atoms with van der Waals surface area (Å²) in [5.41, 5.74) is 5.17. The fourth-order valence-electron chi connectivity index (χ4n) is 3.45. The van der Waals surface area contributed by atoms with Crippen LogP contribution in [0.1, 0.15) is 6.42 Å². The van der Waals surface area contributed by atoms with Crippen molar-refractivity contribution in [2.45, 2.75) is 19.5 Å². The van der Waals surface area contributed by atoms with Crippen LogP contribution in [-0.4, -0.2) is 9.13 Å². The molecule has 0 aliphatic carbocycles. The van der Waals surface area contributed by atoms with Gasteiger partial charge in [-0.1, -0.05) is 24.3 Å². The highest BCUT2D eigenvalue weighted by molar-refractivity contribution is 5.72. The predicted octanol–water partition coefficient (Wildman–Crippen LogP) is 2.34. The summed E-state index contributed by atoms with van der Waals surface area (Å²) in [6.45, 7) is 2.05. The number of benzene rings is 2. The van der Waals surface area contributed by atoms with E-state index < -0.39 is 0 Å². The summed E-state index contributed by atoms with van der Waals surface area (Å²) in [5, 5.41) is 0. The number of hydrogen-bond donors (Lipinski definition) is 0. The fourth-order valence-corrected chi connectivity index (χ4v) is 3.45. The van der Waals surface area contributed by atoms with E-state index in [4.69, 9.17) is 0 Å². The lowest BCUT2D eigenvalue weighted by Crippen LogP contribution is -2.25. The third-order valence-electron chi connectivity index (χ3n) is 4.57. The molecule has 2 aromatic carbocycles. The number of fused-ring (bicyclic) bond motifs is 2. The highest BCUT2D eigenvalue weighted by Crippen LogP contribution is 2.13. The summed E-state index contributed by atoms with van der Waals surface area (Å²) in [6.07, 6.45) is 5.49. The Bertz CT molecular complexity index is 898. The minimum atomic E-state index is 1.03. The molecule has 4 aromatic rings. The highest BCUT2D eigenvalue weighted by Gasteiger charge is 2.14. The van der Waals surface area contributed by atoms with Gasteiger partial charge in [-0.3, -0.25) is 0 Å². The van der Waals surface area contributed by atoms with Crippen molar-refractivity contribution in [3.63, 3.8) is 0 Å². The van der Waals surface area contributed by atoms with E-state index in [9.17, 15) is 0 Å². The standard InChI is InChI=1S/C19H22N4/c1-20-14-22(18-10-5-3-8-16(18)20)12-7-13-23-15-21(2)17-9-4-6-11-19(17)23/h3-6,8-11,14-15H,7,12-13H2,1-2H3/q+2. The van der Waals surface area contributed by atoms with Gasteiger partial charge in [-0.05, 0) is 24.3 Å². The minimum absolute atomic E-state index is 1.03. The second kappa shape index (κ2) is 5.54. The first-order chi connectivity index (χ1) is 11.2. The zero-order chi connectivity index (χ0) is 15.8. The zero-order valence-electron chi connectivity index (χ0n) is 13.7. The largest absolute Gasteiger partial charge is 0.244 e. The van der Waals surface area contributed by atoms with Crippen molar-refractivity contribution >= 4 is 22.1 Å². The molecule has 2 aromatic heterocycles. The topological polar surface area (TPSA) is 17.6 Å². The second-order valence-electron chi connectivity index (χ2n) is 6.17. The molecule has 0 spiro atoms. The van der Waals surface area contributed by atoms with Gasteiger partial charge in [0.25, 0.3) is 0 Å². The number of aryl methyl sites for hydroxylation is 4. The van der Waals surface area contributed by atoms with Gasteiger partial charge >= 0.3 is 0 Å². The average Bonchev–Trinajstić information content (AvgIpc) is 3.07. The smallest absolute Gasteiger partial charge is 0.233 e. The van der Waals surface area contributed by atoms with Crippen molar-refractivity contribution in [1.82, 2.24) is 9.13 Å². The second-order valence-corrected chi connectivity index (χ2v) is 6.17. The average molecular weight is 306 g/mol. The van der Waals surface area contributed by atoms with Crippen LogP contribution in [0, 0.1) is 0 Å². The number of hydrogen-bond acceptors (Lipinski definition) is 0.